The first kappa shape index (κ1) is 20.9. The minimum absolute atomic E-state index is 0.318. The van der Waals surface area contributed by atoms with Gasteiger partial charge in [-0.05, 0) is 49.7 Å². The minimum atomic E-state index is -0.346. The predicted molar refractivity (Wildman–Crippen MR) is 119 cm³/mol. The van der Waals surface area contributed by atoms with Gasteiger partial charge in [0.15, 0.2) is 0 Å². The number of rotatable bonds is 5. The normalized spacial score (nSPS) is 18.7. The van der Waals surface area contributed by atoms with Crippen LogP contribution in [0.1, 0.15) is 61.5 Å². The predicted octanol–water partition coefficient (Wildman–Crippen LogP) is 4.95. The Kier molecular flexibility index (Phi) is 5.90. The third-order valence-corrected chi connectivity index (χ3v) is 6.28. The summed E-state index contributed by atoms with van der Waals surface area (Å²) in [4.78, 5) is 16.6. The molecule has 0 unspecified atom stereocenters. The summed E-state index contributed by atoms with van der Waals surface area (Å²) in [6.07, 6.45) is 9.67. The number of nitrogens with one attached hydrogen (secondary N) is 1. The lowest BCUT2D eigenvalue weighted by molar-refractivity contribution is 0.102. The van der Waals surface area contributed by atoms with E-state index in [1.165, 1.54) is 31.3 Å². The highest BCUT2D eigenvalue weighted by Gasteiger charge is 2.25. The van der Waals surface area contributed by atoms with Gasteiger partial charge in [0, 0.05) is 30.0 Å². The molecule has 0 saturated heterocycles. The molecule has 31 heavy (non-hydrogen) atoms. The second-order valence-corrected chi connectivity index (χ2v) is 8.56. The lowest BCUT2D eigenvalue weighted by Gasteiger charge is -2.30. The number of methoxy groups -OCH3 is 1. The van der Waals surface area contributed by atoms with Crippen molar-refractivity contribution in [3.63, 3.8) is 0 Å². The van der Waals surface area contributed by atoms with E-state index >= 15 is 0 Å². The molecule has 1 aromatic carbocycles. The number of anilines is 1. The number of fused-ring (bicyclic) bond motifs is 1. The van der Waals surface area contributed by atoms with E-state index in [9.17, 15) is 4.79 Å². The maximum absolute atomic E-state index is 12.7. The topological polar surface area (TPSA) is 92.8 Å². The smallest absolute Gasteiger partial charge is 0.257 e. The first-order valence-electron chi connectivity index (χ1n) is 10.7. The van der Waals surface area contributed by atoms with Crippen molar-refractivity contribution in [1.29, 1.82) is 5.26 Å². The van der Waals surface area contributed by atoms with Crippen LogP contribution in [-0.2, 0) is 0 Å². The molecule has 1 saturated carbocycles. The molecule has 0 atom stereocenters. The molecular weight excluding hydrogens is 390 g/mol. The molecule has 160 valence electrons. The van der Waals surface area contributed by atoms with E-state index in [2.05, 4.69) is 35.0 Å². The van der Waals surface area contributed by atoms with Crippen molar-refractivity contribution in [3.8, 4) is 11.8 Å². The van der Waals surface area contributed by atoms with Crippen LogP contribution in [0.5, 0.6) is 5.75 Å². The minimum Gasteiger partial charge on any atom is -0.494 e. The number of amides is 1. The van der Waals surface area contributed by atoms with Gasteiger partial charge >= 0.3 is 0 Å². The summed E-state index contributed by atoms with van der Waals surface area (Å²) in [5.41, 5.74) is 2.06. The number of hydrogen-bond acceptors (Lipinski definition) is 5. The van der Waals surface area contributed by atoms with E-state index in [1.807, 2.05) is 18.2 Å². The second-order valence-electron chi connectivity index (χ2n) is 8.56. The fraction of sp³-hybridized carbons (Fsp3) is 0.417. The first-order chi connectivity index (χ1) is 15.0. The quantitative estimate of drug-likeness (QED) is 0.634. The van der Waals surface area contributed by atoms with Crippen LogP contribution in [0.15, 0.2) is 36.8 Å². The van der Waals surface area contributed by atoms with Crippen LogP contribution in [-0.4, -0.2) is 27.8 Å². The van der Waals surface area contributed by atoms with E-state index in [0.717, 1.165) is 35.6 Å². The largest absolute Gasteiger partial charge is 0.494 e. The summed E-state index contributed by atoms with van der Waals surface area (Å²) < 4.78 is 7.57. The zero-order valence-corrected chi connectivity index (χ0v) is 18.1. The van der Waals surface area contributed by atoms with E-state index in [-0.39, 0.29) is 5.91 Å². The SMILES string of the molecule is COc1cc2nn([C@H]3CC[C@H](C(C)C)CC3)cc2cc1NC(=O)c1cncc(C#N)c1. The highest BCUT2D eigenvalue weighted by Crippen LogP contribution is 2.37. The van der Waals surface area contributed by atoms with Crippen molar-refractivity contribution in [3.05, 3.63) is 47.9 Å². The van der Waals surface area contributed by atoms with Crippen molar-refractivity contribution in [1.82, 2.24) is 14.8 Å². The molecular formula is C24H27N5O2. The summed E-state index contributed by atoms with van der Waals surface area (Å²) in [5, 5.41) is 17.7. The van der Waals surface area contributed by atoms with Crippen LogP contribution in [0.25, 0.3) is 10.9 Å². The van der Waals surface area contributed by atoms with Gasteiger partial charge in [0.1, 0.15) is 11.8 Å². The molecule has 0 spiro atoms. The van der Waals surface area contributed by atoms with Gasteiger partial charge in [0.2, 0.25) is 0 Å². The maximum Gasteiger partial charge on any atom is 0.257 e. The highest BCUT2D eigenvalue weighted by atomic mass is 16.5. The number of nitrogens with zero attached hydrogens (tertiary/aromatic N) is 4. The van der Waals surface area contributed by atoms with Crippen molar-refractivity contribution in [2.24, 2.45) is 11.8 Å². The number of carbonyl (C=O) groups is 1. The average molecular weight is 418 g/mol. The van der Waals surface area contributed by atoms with Crippen LogP contribution in [0.4, 0.5) is 5.69 Å². The van der Waals surface area contributed by atoms with Gasteiger partial charge in [-0.1, -0.05) is 13.8 Å². The molecule has 0 radical (unpaired) electrons. The zero-order valence-electron chi connectivity index (χ0n) is 18.1. The molecule has 7 heteroatoms. The molecule has 3 aromatic rings. The number of carbonyl (C=O) groups excluding carboxylic acids is 1. The fourth-order valence-electron chi connectivity index (χ4n) is 4.38. The third-order valence-electron chi connectivity index (χ3n) is 6.28. The number of ether oxygens (including phenoxy) is 1. The van der Waals surface area contributed by atoms with Crippen LogP contribution in [0.2, 0.25) is 0 Å². The molecule has 1 aliphatic carbocycles. The van der Waals surface area contributed by atoms with E-state index in [0.29, 0.717) is 28.6 Å². The Morgan fingerprint density at radius 2 is 2.00 bits per heavy atom. The van der Waals surface area contributed by atoms with Gasteiger partial charge in [-0.25, -0.2) is 0 Å². The molecule has 1 fully saturated rings. The Labute approximate surface area is 182 Å². The molecule has 1 amide bonds. The van der Waals surface area contributed by atoms with Crippen LogP contribution in [0, 0.1) is 23.2 Å². The molecule has 0 bridgehead atoms. The summed E-state index contributed by atoms with van der Waals surface area (Å²) in [5.74, 6) is 1.73. The Bertz CT molecular complexity index is 1140. The summed E-state index contributed by atoms with van der Waals surface area (Å²) >= 11 is 0. The molecule has 2 aromatic heterocycles. The number of nitriles is 1. The van der Waals surface area contributed by atoms with Gasteiger partial charge in [0.05, 0.1) is 35.5 Å². The standard InChI is InChI=1S/C24H27N5O2/c1-15(2)17-4-6-20(7-5-17)29-14-19-9-22(23(31-3)10-21(19)28-29)27-24(30)18-8-16(11-25)12-26-13-18/h8-10,12-15,17,20H,4-7H2,1-3H3,(H,27,30)/t17-,20-. The van der Waals surface area contributed by atoms with Gasteiger partial charge in [-0.2, -0.15) is 10.4 Å². The van der Waals surface area contributed by atoms with Crippen molar-refractivity contribution in [2.45, 2.75) is 45.6 Å². The summed E-state index contributed by atoms with van der Waals surface area (Å²) in [6.45, 7) is 4.61. The van der Waals surface area contributed by atoms with Crippen molar-refractivity contribution < 1.29 is 9.53 Å². The number of pyridine rings is 1. The third kappa shape index (κ3) is 4.38. The zero-order chi connectivity index (χ0) is 22.0. The van der Waals surface area contributed by atoms with Crippen LogP contribution < -0.4 is 10.1 Å². The number of hydrogen-bond donors (Lipinski definition) is 1. The Morgan fingerprint density at radius 3 is 2.68 bits per heavy atom. The lowest BCUT2D eigenvalue weighted by Crippen LogP contribution is -2.21. The lowest BCUT2D eigenvalue weighted by atomic mass is 9.80. The number of benzene rings is 1. The first-order valence-corrected chi connectivity index (χ1v) is 10.7. The Hall–Kier alpha value is -3.40. The molecule has 0 aliphatic heterocycles. The van der Waals surface area contributed by atoms with Crippen LogP contribution in [0.3, 0.4) is 0 Å². The second kappa shape index (κ2) is 8.76. The average Bonchev–Trinajstić information content (AvgIpc) is 3.21. The Morgan fingerprint density at radius 1 is 1.23 bits per heavy atom. The van der Waals surface area contributed by atoms with Gasteiger partial charge in [-0.15, -0.1) is 0 Å². The van der Waals surface area contributed by atoms with Crippen molar-refractivity contribution >= 4 is 22.5 Å². The molecule has 1 aliphatic rings. The van der Waals surface area contributed by atoms with Gasteiger partial charge in [-0.3, -0.25) is 14.5 Å². The van der Waals surface area contributed by atoms with Crippen LogP contribution >= 0.6 is 0 Å². The van der Waals surface area contributed by atoms with E-state index in [4.69, 9.17) is 15.1 Å². The summed E-state index contributed by atoms with van der Waals surface area (Å²) in [7, 11) is 1.57. The molecule has 2 heterocycles. The molecule has 1 N–H and O–H groups in total. The molecule has 7 nitrogen and oxygen atoms in total. The van der Waals surface area contributed by atoms with Gasteiger partial charge < -0.3 is 10.1 Å². The Balaban J connectivity index is 1.57. The van der Waals surface area contributed by atoms with Crippen molar-refractivity contribution in [2.75, 3.05) is 12.4 Å². The van der Waals surface area contributed by atoms with E-state index < -0.39 is 0 Å². The van der Waals surface area contributed by atoms with Gasteiger partial charge in [0.25, 0.3) is 5.91 Å². The fourth-order valence-corrected chi connectivity index (χ4v) is 4.38. The van der Waals surface area contributed by atoms with E-state index in [1.54, 1.807) is 7.11 Å². The highest BCUT2D eigenvalue weighted by molar-refractivity contribution is 6.06. The monoisotopic (exact) mass is 417 g/mol. The summed E-state index contributed by atoms with van der Waals surface area (Å²) in [6, 6.07) is 7.66. The maximum atomic E-state index is 12.7. The molecule has 4 rings (SSSR count). The number of aromatic nitrogens is 3.